The number of para-hydroxylation sites is 3. The molecule has 0 atom stereocenters. The van der Waals surface area contributed by atoms with Crippen molar-refractivity contribution in [1.82, 2.24) is 4.57 Å². The average molecular weight is 821 g/mol. The molecule has 0 saturated heterocycles. The van der Waals surface area contributed by atoms with Gasteiger partial charge in [-0.25, -0.2) is 0 Å². The highest BCUT2D eigenvalue weighted by atomic mass is 32.1. The molecule has 0 aliphatic heterocycles. The van der Waals surface area contributed by atoms with Gasteiger partial charge in [0.2, 0.25) is 0 Å². The Bertz CT molecular complexity index is 3640. The standard InChI is InChI=1S/C60H40N2S/c1-3-18-41(19-4-1)47-24-7-8-25-48(47)49-26-9-10-27-50(49)51-28-11-14-31-56(51)61(46-35-37-60-55(40-46)53-30-13-16-33-59(53)63-60)45-23-17-20-42(38-45)43-34-36-58-54(39-43)52-29-12-15-32-57(52)62(58)44-21-5-2-6-22-44/h1-40H. The number of nitrogens with zero attached hydrogens (tertiary/aromatic N) is 2. The van der Waals surface area contributed by atoms with E-state index < -0.39 is 0 Å². The van der Waals surface area contributed by atoms with E-state index in [2.05, 4.69) is 252 Å². The Morgan fingerprint density at radius 3 is 1.67 bits per heavy atom. The van der Waals surface area contributed by atoms with E-state index in [-0.39, 0.29) is 0 Å². The highest BCUT2D eigenvalue weighted by Crippen LogP contribution is 2.47. The van der Waals surface area contributed by atoms with Crippen molar-refractivity contribution in [2.75, 3.05) is 4.90 Å². The quantitative estimate of drug-likeness (QED) is 0.148. The number of anilines is 3. The summed E-state index contributed by atoms with van der Waals surface area (Å²) in [5.41, 5.74) is 16.4. The molecular weight excluding hydrogens is 781 g/mol. The maximum Gasteiger partial charge on any atom is 0.0541 e. The molecule has 0 unspecified atom stereocenters. The van der Waals surface area contributed by atoms with E-state index >= 15 is 0 Å². The van der Waals surface area contributed by atoms with Crippen LogP contribution in [-0.4, -0.2) is 4.57 Å². The first-order valence-corrected chi connectivity index (χ1v) is 22.3. The molecule has 0 amide bonds. The Balaban J connectivity index is 1.05. The SMILES string of the molecule is c1ccc(-c2ccccc2-c2ccccc2-c2ccccc2N(c2cccc(-c3ccc4c(c3)c3ccccc3n4-c3ccccc3)c2)c2ccc3sc4ccccc4c3c2)cc1. The third-order valence-corrected chi connectivity index (χ3v) is 13.6. The lowest BCUT2D eigenvalue weighted by Gasteiger charge is -2.29. The molecule has 0 saturated carbocycles. The van der Waals surface area contributed by atoms with Gasteiger partial charge in [0.05, 0.1) is 16.7 Å². The minimum atomic E-state index is 1.09. The summed E-state index contributed by atoms with van der Waals surface area (Å²) >= 11 is 1.85. The first-order chi connectivity index (χ1) is 31.3. The van der Waals surface area contributed by atoms with E-state index in [4.69, 9.17) is 0 Å². The van der Waals surface area contributed by atoms with Crippen LogP contribution in [-0.2, 0) is 0 Å². The first-order valence-electron chi connectivity index (χ1n) is 21.5. The summed E-state index contributed by atoms with van der Waals surface area (Å²) < 4.78 is 4.96. The molecule has 10 aromatic carbocycles. The van der Waals surface area contributed by atoms with Gasteiger partial charge in [0.25, 0.3) is 0 Å². The molecule has 0 aliphatic rings. The fourth-order valence-corrected chi connectivity index (χ4v) is 10.6. The van der Waals surface area contributed by atoms with Crippen LogP contribution in [0.25, 0.3) is 92.2 Å². The predicted octanol–water partition coefficient (Wildman–Crippen LogP) is 17.3. The fraction of sp³-hybridized carbons (Fsp3) is 0. The molecule has 0 N–H and O–H groups in total. The summed E-state index contributed by atoms with van der Waals surface area (Å²) in [5, 5.41) is 5.03. The summed E-state index contributed by atoms with van der Waals surface area (Å²) in [6, 6.07) is 88.5. The maximum absolute atomic E-state index is 2.46. The van der Waals surface area contributed by atoms with Crippen molar-refractivity contribution >= 4 is 70.4 Å². The van der Waals surface area contributed by atoms with Crippen LogP contribution in [0.4, 0.5) is 17.1 Å². The molecule has 12 aromatic rings. The van der Waals surface area contributed by atoms with Crippen LogP contribution in [0, 0.1) is 0 Å². The number of hydrogen-bond donors (Lipinski definition) is 0. The summed E-state index contributed by atoms with van der Waals surface area (Å²) in [5.74, 6) is 0. The van der Waals surface area contributed by atoms with Gasteiger partial charge in [0.1, 0.15) is 0 Å². The predicted molar refractivity (Wildman–Crippen MR) is 270 cm³/mol. The zero-order valence-electron chi connectivity index (χ0n) is 34.4. The maximum atomic E-state index is 2.46. The van der Waals surface area contributed by atoms with Crippen LogP contribution in [0.15, 0.2) is 243 Å². The molecule has 2 nitrogen and oxygen atoms in total. The van der Waals surface area contributed by atoms with Gasteiger partial charge >= 0.3 is 0 Å². The van der Waals surface area contributed by atoms with Crippen molar-refractivity contribution in [3.05, 3.63) is 243 Å². The second kappa shape index (κ2) is 15.5. The van der Waals surface area contributed by atoms with Gasteiger partial charge < -0.3 is 9.47 Å². The number of aromatic nitrogens is 1. The minimum Gasteiger partial charge on any atom is -0.310 e. The summed E-state index contributed by atoms with van der Waals surface area (Å²) in [6.07, 6.45) is 0. The minimum absolute atomic E-state index is 1.09. The lowest BCUT2D eigenvalue weighted by atomic mass is 9.88. The molecule has 2 heterocycles. The van der Waals surface area contributed by atoms with Gasteiger partial charge in [-0.3, -0.25) is 0 Å². The molecule has 0 bridgehead atoms. The van der Waals surface area contributed by atoms with Crippen LogP contribution >= 0.6 is 11.3 Å². The summed E-state index contributed by atoms with van der Waals surface area (Å²) in [7, 11) is 0. The van der Waals surface area contributed by atoms with Gasteiger partial charge in [-0.15, -0.1) is 11.3 Å². The van der Waals surface area contributed by atoms with Crippen LogP contribution in [0.1, 0.15) is 0 Å². The largest absolute Gasteiger partial charge is 0.310 e. The molecule has 0 aliphatic carbocycles. The van der Waals surface area contributed by atoms with Crippen LogP contribution in [0.2, 0.25) is 0 Å². The third-order valence-electron chi connectivity index (χ3n) is 12.4. The molecule has 296 valence electrons. The Morgan fingerprint density at radius 1 is 0.302 bits per heavy atom. The van der Waals surface area contributed by atoms with E-state index in [0.29, 0.717) is 0 Å². The monoisotopic (exact) mass is 820 g/mol. The van der Waals surface area contributed by atoms with Crippen molar-refractivity contribution < 1.29 is 0 Å². The molecule has 63 heavy (non-hydrogen) atoms. The summed E-state index contributed by atoms with van der Waals surface area (Å²) in [4.78, 5) is 2.46. The van der Waals surface area contributed by atoms with Crippen LogP contribution in [0.5, 0.6) is 0 Å². The van der Waals surface area contributed by atoms with Gasteiger partial charge in [-0.2, -0.15) is 0 Å². The lowest BCUT2D eigenvalue weighted by Crippen LogP contribution is -2.11. The van der Waals surface area contributed by atoms with Crippen LogP contribution < -0.4 is 4.90 Å². The van der Waals surface area contributed by atoms with Crippen molar-refractivity contribution in [3.8, 4) is 50.2 Å². The van der Waals surface area contributed by atoms with E-state index in [1.807, 2.05) is 11.3 Å². The zero-order valence-corrected chi connectivity index (χ0v) is 35.2. The highest BCUT2D eigenvalue weighted by Gasteiger charge is 2.22. The number of fused-ring (bicyclic) bond motifs is 6. The molecule has 0 spiro atoms. The molecule has 0 radical (unpaired) electrons. The topological polar surface area (TPSA) is 8.17 Å². The van der Waals surface area contributed by atoms with Crippen molar-refractivity contribution in [2.24, 2.45) is 0 Å². The summed E-state index contributed by atoms with van der Waals surface area (Å²) in [6.45, 7) is 0. The molecule has 12 rings (SSSR count). The second-order valence-electron chi connectivity index (χ2n) is 16.1. The van der Waals surface area contributed by atoms with Crippen LogP contribution in [0.3, 0.4) is 0 Å². The molecular formula is C60H40N2S. The number of rotatable bonds is 8. The van der Waals surface area contributed by atoms with Gasteiger partial charge in [-0.1, -0.05) is 170 Å². The molecule has 0 fully saturated rings. The molecule has 3 heteroatoms. The average Bonchev–Trinajstić information content (AvgIpc) is 3.90. The van der Waals surface area contributed by atoms with Gasteiger partial charge in [0.15, 0.2) is 0 Å². The lowest BCUT2D eigenvalue weighted by molar-refractivity contribution is 1.18. The number of hydrogen-bond acceptors (Lipinski definition) is 2. The second-order valence-corrected chi connectivity index (χ2v) is 17.1. The first kappa shape index (κ1) is 36.8. The Kier molecular flexibility index (Phi) is 9.06. The van der Waals surface area contributed by atoms with Gasteiger partial charge in [-0.05, 0) is 112 Å². The van der Waals surface area contributed by atoms with E-state index in [9.17, 15) is 0 Å². The third kappa shape index (κ3) is 6.41. The van der Waals surface area contributed by atoms with Crippen molar-refractivity contribution in [3.63, 3.8) is 0 Å². The van der Waals surface area contributed by atoms with E-state index in [0.717, 1.165) is 33.9 Å². The molecule has 2 aromatic heterocycles. The Labute approximate surface area is 370 Å². The van der Waals surface area contributed by atoms with E-state index in [1.54, 1.807) is 0 Å². The van der Waals surface area contributed by atoms with E-state index in [1.165, 1.54) is 75.4 Å². The van der Waals surface area contributed by atoms with Crippen molar-refractivity contribution in [1.29, 1.82) is 0 Å². The number of thiophene rings is 1. The smallest absolute Gasteiger partial charge is 0.0541 e. The highest BCUT2D eigenvalue weighted by molar-refractivity contribution is 7.25. The fourth-order valence-electron chi connectivity index (χ4n) is 9.55. The normalized spacial score (nSPS) is 11.5. The Morgan fingerprint density at radius 2 is 0.857 bits per heavy atom. The van der Waals surface area contributed by atoms with Gasteiger partial charge in [0, 0.05) is 53.6 Å². The Hall–Kier alpha value is -7.98. The van der Waals surface area contributed by atoms with Crippen molar-refractivity contribution in [2.45, 2.75) is 0 Å². The number of benzene rings is 10. The zero-order chi connectivity index (χ0) is 41.7.